The maximum atomic E-state index is 12.9. The fraction of sp³-hybridized carbons (Fsp3) is 0.567. The Hall–Kier alpha value is -4.56. The molecule has 8 atom stereocenters. The lowest BCUT2D eigenvalue weighted by atomic mass is 9.68. The van der Waals surface area contributed by atoms with E-state index in [9.17, 15) is 30.0 Å². The van der Waals surface area contributed by atoms with Crippen LogP contribution in [-0.2, 0) is 33.1 Å². The van der Waals surface area contributed by atoms with Gasteiger partial charge in [0.1, 0.15) is 22.7 Å². The Bertz CT molecular complexity index is 2500. The number of hydrogen-bond acceptors (Lipinski definition) is 12. The van der Waals surface area contributed by atoms with Gasteiger partial charge in [-0.25, -0.2) is 9.59 Å². The average Bonchev–Trinajstić information content (AvgIpc) is 3.58. The number of ether oxygens (including phenoxy) is 4. The number of halogens is 2. The van der Waals surface area contributed by atoms with Gasteiger partial charge in [-0.3, -0.25) is 0 Å². The van der Waals surface area contributed by atoms with Crippen LogP contribution in [0.3, 0.4) is 0 Å². The molecule has 2 spiro atoms. The predicted octanol–water partition coefficient (Wildman–Crippen LogP) is 10.3. The molecule has 0 unspecified atom stereocenters. The van der Waals surface area contributed by atoms with Gasteiger partial charge in [-0.1, -0.05) is 35.3 Å². The van der Waals surface area contributed by atoms with E-state index in [0.29, 0.717) is 24.3 Å². The molecule has 14 heteroatoms. The van der Waals surface area contributed by atoms with Crippen molar-refractivity contribution >= 4 is 46.5 Å². The number of aliphatic hydroxyl groups is 4. The second kappa shape index (κ2) is 21.8. The SMILES string of the molecule is CC(C)(C)OC(=O)c1ccc2c(c1)N(C[C@@H]1CC[C@H]1[C@@H](O)CO)C[C@@]1(CCCc3cc(Cl)ccc31)CO2.CC(C)(C)OC(=O)c1ccc2c(c1)N(C[C@@H]1CC[C@H]1[C@H](O)CO)C[C@@]1(CCCc3cc(Cl)ccc31)CO2. The molecule has 10 rings (SSSR count). The summed E-state index contributed by atoms with van der Waals surface area (Å²) in [5, 5.41) is 41.4. The summed E-state index contributed by atoms with van der Waals surface area (Å²) in [4.78, 5) is 30.6. The zero-order chi connectivity index (χ0) is 52.7. The van der Waals surface area contributed by atoms with Gasteiger partial charge in [-0.05, 0) is 212 Å². The standard InChI is InChI=1S/2C30H38ClNO5/c2*1-29(2,3)37-28(35)20-7-11-27-25(14-20)32(15-21-6-9-23(21)26(34)16-33)17-30(18-36-27)12-4-5-19-13-22(31)8-10-24(19)30/h2*7-8,10-11,13-14,21,23,26,33-34H,4-6,9,12,15-18H2,1-3H3/t21-,23+,26+,30-;21-,23+,26-,30-/m00/s1. The number of hydrogen-bond donors (Lipinski definition) is 4. The van der Waals surface area contributed by atoms with Crippen LogP contribution in [0.25, 0.3) is 0 Å². The molecule has 2 fully saturated rings. The second-order valence-electron chi connectivity index (χ2n) is 24.1. The molecule has 4 N–H and O–H groups in total. The Morgan fingerprint density at radius 1 is 0.622 bits per heavy atom. The van der Waals surface area contributed by atoms with Crippen LogP contribution in [0.15, 0.2) is 72.8 Å². The van der Waals surface area contributed by atoms with Gasteiger partial charge in [-0.15, -0.1) is 0 Å². The Morgan fingerprint density at radius 3 is 1.38 bits per heavy atom. The molecule has 0 saturated heterocycles. The monoisotopic (exact) mass is 1050 g/mol. The van der Waals surface area contributed by atoms with Crippen LogP contribution < -0.4 is 19.3 Å². The number of nitrogens with zero attached hydrogens (tertiary/aromatic N) is 2. The Kier molecular flexibility index (Phi) is 16.0. The number of rotatable bonds is 10. The third-order valence-corrected chi connectivity index (χ3v) is 17.0. The van der Waals surface area contributed by atoms with E-state index in [2.05, 4.69) is 34.1 Å². The molecule has 4 aromatic rings. The molecule has 4 aromatic carbocycles. The van der Waals surface area contributed by atoms with Crippen molar-refractivity contribution in [1.82, 2.24) is 0 Å². The van der Waals surface area contributed by atoms with Gasteiger partial charge in [-0.2, -0.15) is 0 Å². The predicted molar refractivity (Wildman–Crippen MR) is 289 cm³/mol. The normalized spacial score (nSPS) is 25.8. The van der Waals surface area contributed by atoms with Gasteiger partial charge in [0.25, 0.3) is 0 Å². The molecule has 6 aliphatic rings. The Labute approximate surface area is 447 Å². The molecule has 2 heterocycles. The van der Waals surface area contributed by atoms with Crippen LogP contribution in [0.4, 0.5) is 11.4 Å². The third-order valence-electron chi connectivity index (χ3n) is 16.6. The summed E-state index contributed by atoms with van der Waals surface area (Å²) in [6.07, 6.45) is 8.51. The van der Waals surface area contributed by atoms with Crippen molar-refractivity contribution in [3.8, 4) is 11.5 Å². The lowest BCUT2D eigenvalue weighted by molar-refractivity contribution is -0.0184. The van der Waals surface area contributed by atoms with Crippen molar-refractivity contribution in [3.63, 3.8) is 0 Å². The molecule has 2 saturated carbocycles. The van der Waals surface area contributed by atoms with Crippen molar-refractivity contribution in [2.45, 2.75) is 140 Å². The molecule has 400 valence electrons. The van der Waals surface area contributed by atoms with Gasteiger partial charge in [0.15, 0.2) is 0 Å². The first kappa shape index (κ1) is 54.2. The molecular formula is C60H76Cl2N2O10. The Balaban J connectivity index is 0.000000182. The van der Waals surface area contributed by atoms with Gasteiger partial charge >= 0.3 is 11.9 Å². The summed E-state index contributed by atoms with van der Waals surface area (Å²) in [7, 11) is 0. The minimum Gasteiger partial charge on any atom is -0.490 e. The average molecular weight is 1060 g/mol. The number of benzene rings is 4. The highest BCUT2D eigenvalue weighted by molar-refractivity contribution is 6.31. The fourth-order valence-electron chi connectivity index (χ4n) is 12.6. The summed E-state index contributed by atoms with van der Waals surface area (Å²) in [5.74, 6) is 1.44. The zero-order valence-corrected chi connectivity index (χ0v) is 45.5. The van der Waals surface area contributed by atoms with E-state index in [-0.39, 0.29) is 59.7 Å². The summed E-state index contributed by atoms with van der Waals surface area (Å²) < 4.78 is 24.3. The van der Waals surface area contributed by atoms with Gasteiger partial charge in [0, 0.05) is 47.1 Å². The summed E-state index contributed by atoms with van der Waals surface area (Å²) in [5.41, 5.74) is 6.28. The third kappa shape index (κ3) is 11.7. The maximum absolute atomic E-state index is 12.9. The van der Waals surface area contributed by atoms with E-state index in [4.69, 9.17) is 42.1 Å². The van der Waals surface area contributed by atoms with E-state index in [0.717, 1.165) is 123 Å². The first-order valence-corrected chi connectivity index (χ1v) is 27.6. The van der Waals surface area contributed by atoms with E-state index in [1.54, 1.807) is 12.1 Å². The van der Waals surface area contributed by atoms with Crippen LogP contribution in [0, 0.1) is 23.7 Å². The van der Waals surface area contributed by atoms with Crippen LogP contribution >= 0.6 is 23.2 Å². The molecule has 12 nitrogen and oxygen atoms in total. The van der Waals surface area contributed by atoms with E-state index >= 15 is 0 Å². The highest BCUT2D eigenvalue weighted by atomic mass is 35.5. The Morgan fingerprint density at radius 2 is 1.03 bits per heavy atom. The van der Waals surface area contributed by atoms with Crippen LogP contribution in [0.5, 0.6) is 11.5 Å². The summed E-state index contributed by atoms with van der Waals surface area (Å²) >= 11 is 12.7. The van der Waals surface area contributed by atoms with E-state index in [1.165, 1.54) is 22.3 Å². The van der Waals surface area contributed by atoms with Crippen LogP contribution in [0.2, 0.25) is 10.0 Å². The second-order valence-corrected chi connectivity index (χ2v) is 25.0. The number of carbonyl (C=O) groups excluding carboxylic acids is 2. The van der Waals surface area contributed by atoms with Crippen molar-refractivity contribution in [3.05, 3.63) is 116 Å². The topological polar surface area (TPSA) is 158 Å². The highest BCUT2D eigenvalue weighted by Gasteiger charge is 2.46. The van der Waals surface area contributed by atoms with Crippen molar-refractivity contribution in [2.24, 2.45) is 23.7 Å². The summed E-state index contributed by atoms with van der Waals surface area (Å²) in [6.45, 7) is 14.8. The van der Waals surface area contributed by atoms with Crippen LogP contribution in [-0.4, -0.2) is 108 Å². The van der Waals surface area contributed by atoms with E-state index < -0.39 is 23.4 Å². The molecule has 74 heavy (non-hydrogen) atoms. The maximum Gasteiger partial charge on any atom is 0.338 e. The van der Waals surface area contributed by atoms with Gasteiger partial charge < -0.3 is 49.2 Å². The molecule has 0 radical (unpaired) electrons. The lowest BCUT2D eigenvalue weighted by Crippen LogP contribution is -2.50. The largest absolute Gasteiger partial charge is 0.490 e. The highest BCUT2D eigenvalue weighted by Crippen LogP contribution is 2.49. The fourth-order valence-corrected chi connectivity index (χ4v) is 13.0. The van der Waals surface area contributed by atoms with Gasteiger partial charge in [0.2, 0.25) is 0 Å². The molecule has 2 aliphatic heterocycles. The number of carbonyl (C=O) groups is 2. The zero-order valence-electron chi connectivity index (χ0n) is 44.0. The summed E-state index contributed by atoms with van der Waals surface area (Å²) in [6, 6.07) is 23.5. The molecule has 0 bridgehead atoms. The number of esters is 2. The first-order valence-electron chi connectivity index (χ1n) is 26.8. The van der Waals surface area contributed by atoms with Crippen molar-refractivity contribution in [1.29, 1.82) is 0 Å². The van der Waals surface area contributed by atoms with Crippen molar-refractivity contribution in [2.75, 3.05) is 62.4 Å². The molecule has 4 aliphatic carbocycles. The minimum absolute atomic E-state index is 0.0695. The molecule has 0 amide bonds. The van der Waals surface area contributed by atoms with Crippen LogP contribution in [0.1, 0.15) is 136 Å². The van der Waals surface area contributed by atoms with E-state index in [1.807, 2.05) is 77.9 Å². The molecule has 0 aromatic heterocycles. The lowest BCUT2D eigenvalue weighted by Gasteiger charge is -2.45. The smallest absolute Gasteiger partial charge is 0.338 e. The first-order chi connectivity index (χ1) is 35.2. The van der Waals surface area contributed by atoms with Gasteiger partial charge in [0.05, 0.1) is 61.1 Å². The quantitative estimate of drug-likeness (QED) is 0.112. The minimum atomic E-state index is -0.707. The number of aryl methyl sites for hydroxylation is 2. The number of anilines is 2. The van der Waals surface area contributed by atoms with Crippen molar-refractivity contribution < 1.29 is 49.0 Å². The number of aliphatic hydroxyl groups excluding tert-OH is 4. The molecular weight excluding hydrogens is 980 g/mol. The number of fused-ring (bicyclic) bond motifs is 6.